The van der Waals surface area contributed by atoms with Gasteiger partial charge in [0.2, 0.25) is 0 Å². The Bertz CT molecular complexity index is 595. The maximum absolute atomic E-state index is 9.51. The van der Waals surface area contributed by atoms with Crippen LogP contribution in [-0.2, 0) is 6.61 Å². The molecule has 0 saturated carbocycles. The first kappa shape index (κ1) is 14.2. The summed E-state index contributed by atoms with van der Waals surface area (Å²) in [7, 11) is 0. The third-order valence-electron chi connectivity index (χ3n) is 3.95. The Labute approximate surface area is 130 Å². The average molecular weight is 303 g/mol. The lowest BCUT2D eigenvalue weighted by molar-refractivity contribution is 0.282. The Morgan fingerprint density at radius 3 is 2.24 bits per heavy atom. The molecule has 1 N–H and O–H groups in total. The number of para-hydroxylation sites is 1. The molecule has 2 aromatic carbocycles. The van der Waals surface area contributed by atoms with Crippen molar-refractivity contribution in [3.63, 3.8) is 0 Å². The average Bonchev–Trinajstić information content (AvgIpc) is 2.56. The molecule has 1 heterocycles. The van der Waals surface area contributed by atoms with Crippen LogP contribution in [0.15, 0.2) is 48.5 Å². The number of halogens is 1. The van der Waals surface area contributed by atoms with Crippen LogP contribution in [0.1, 0.15) is 5.56 Å². The molecule has 1 aliphatic rings. The molecule has 0 unspecified atom stereocenters. The molecular weight excluding hydrogens is 284 g/mol. The second kappa shape index (κ2) is 6.37. The van der Waals surface area contributed by atoms with Crippen LogP contribution in [0.5, 0.6) is 0 Å². The van der Waals surface area contributed by atoms with Gasteiger partial charge in [-0.15, -0.1) is 0 Å². The van der Waals surface area contributed by atoms with Gasteiger partial charge in [-0.2, -0.15) is 0 Å². The van der Waals surface area contributed by atoms with Crippen LogP contribution in [0, 0.1) is 0 Å². The fourth-order valence-corrected chi connectivity index (χ4v) is 3.03. The second-order valence-electron chi connectivity index (χ2n) is 5.24. The molecule has 3 nitrogen and oxygen atoms in total. The number of nitrogens with zero attached hydrogens (tertiary/aromatic N) is 2. The summed E-state index contributed by atoms with van der Waals surface area (Å²) < 4.78 is 0. The number of benzene rings is 2. The zero-order chi connectivity index (χ0) is 14.7. The Morgan fingerprint density at radius 1 is 0.905 bits per heavy atom. The van der Waals surface area contributed by atoms with E-state index in [-0.39, 0.29) is 6.61 Å². The summed E-state index contributed by atoms with van der Waals surface area (Å²) in [6, 6.07) is 16.2. The summed E-state index contributed by atoms with van der Waals surface area (Å²) in [4.78, 5) is 4.71. The Morgan fingerprint density at radius 2 is 1.57 bits per heavy atom. The van der Waals surface area contributed by atoms with E-state index in [1.165, 1.54) is 5.69 Å². The number of aliphatic hydroxyl groups excluding tert-OH is 1. The lowest BCUT2D eigenvalue weighted by Crippen LogP contribution is -2.46. The van der Waals surface area contributed by atoms with Crippen LogP contribution >= 0.6 is 11.6 Å². The Kier molecular flexibility index (Phi) is 4.32. The van der Waals surface area contributed by atoms with Crippen molar-refractivity contribution in [3.8, 4) is 0 Å². The molecule has 110 valence electrons. The highest BCUT2D eigenvalue weighted by Crippen LogP contribution is 2.26. The van der Waals surface area contributed by atoms with E-state index in [2.05, 4.69) is 34.1 Å². The summed E-state index contributed by atoms with van der Waals surface area (Å²) in [6.45, 7) is 3.89. The topological polar surface area (TPSA) is 26.7 Å². The van der Waals surface area contributed by atoms with Gasteiger partial charge in [-0.1, -0.05) is 29.8 Å². The van der Waals surface area contributed by atoms with Crippen molar-refractivity contribution in [2.75, 3.05) is 36.0 Å². The number of hydrogen-bond acceptors (Lipinski definition) is 3. The molecule has 0 bridgehead atoms. The van der Waals surface area contributed by atoms with Gasteiger partial charge in [0.1, 0.15) is 0 Å². The van der Waals surface area contributed by atoms with Gasteiger partial charge in [0.15, 0.2) is 0 Å². The van der Waals surface area contributed by atoms with Gasteiger partial charge in [-0.05, 0) is 30.3 Å². The molecule has 21 heavy (non-hydrogen) atoms. The van der Waals surface area contributed by atoms with Crippen molar-refractivity contribution in [1.82, 2.24) is 0 Å². The SMILES string of the molecule is OCc1cc(Cl)ccc1N1CCN(c2ccccc2)CC1. The predicted molar refractivity (Wildman–Crippen MR) is 88.2 cm³/mol. The zero-order valence-corrected chi connectivity index (χ0v) is 12.6. The van der Waals surface area contributed by atoms with Crippen LogP contribution in [0.2, 0.25) is 5.02 Å². The first-order chi connectivity index (χ1) is 10.3. The Hall–Kier alpha value is -1.71. The van der Waals surface area contributed by atoms with Gasteiger partial charge in [0.05, 0.1) is 6.61 Å². The first-order valence-electron chi connectivity index (χ1n) is 7.22. The molecule has 4 heteroatoms. The summed E-state index contributed by atoms with van der Waals surface area (Å²) in [5.41, 5.74) is 3.26. The standard InChI is InChI=1S/C17H19ClN2O/c18-15-6-7-17(14(12-15)13-21)20-10-8-19(9-11-20)16-4-2-1-3-5-16/h1-7,12,21H,8-11,13H2. The molecule has 0 spiro atoms. The lowest BCUT2D eigenvalue weighted by Gasteiger charge is -2.38. The number of aliphatic hydroxyl groups is 1. The molecule has 0 aliphatic carbocycles. The van der Waals surface area contributed by atoms with Crippen LogP contribution in [0.25, 0.3) is 0 Å². The van der Waals surface area contributed by atoms with E-state index in [1.807, 2.05) is 24.3 Å². The number of rotatable bonds is 3. The minimum atomic E-state index is 0.0226. The zero-order valence-electron chi connectivity index (χ0n) is 11.9. The van der Waals surface area contributed by atoms with E-state index in [0.717, 1.165) is 37.4 Å². The lowest BCUT2D eigenvalue weighted by atomic mass is 10.1. The minimum Gasteiger partial charge on any atom is -0.392 e. The molecule has 0 amide bonds. The van der Waals surface area contributed by atoms with Gasteiger partial charge >= 0.3 is 0 Å². The fraction of sp³-hybridized carbons (Fsp3) is 0.294. The molecule has 3 rings (SSSR count). The summed E-state index contributed by atoms with van der Waals surface area (Å²) >= 11 is 6.00. The van der Waals surface area contributed by atoms with Crippen LogP contribution < -0.4 is 9.80 Å². The predicted octanol–water partition coefficient (Wildman–Crippen LogP) is 3.16. The van der Waals surface area contributed by atoms with Gasteiger partial charge in [0.25, 0.3) is 0 Å². The van der Waals surface area contributed by atoms with E-state index in [1.54, 1.807) is 0 Å². The molecule has 2 aromatic rings. The summed E-state index contributed by atoms with van der Waals surface area (Å²) in [5.74, 6) is 0. The number of anilines is 2. The van der Waals surface area contributed by atoms with Crippen molar-refractivity contribution in [3.05, 3.63) is 59.1 Å². The van der Waals surface area contributed by atoms with E-state index in [0.29, 0.717) is 5.02 Å². The largest absolute Gasteiger partial charge is 0.392 e. The van der Waals surface area contributed by atoms with Gasteiger partial charge in [0, 0.05) is 48.1 Å². The Balaban J connectivity index is 1.71. The second-order valence-corrected chi connectivity index (χ2v) is 5.68. The quantitative estimate of drug-likeness (QED) is 0.943. The van der Waals surface area contributed by atoms with E-state index >= 15 is 0 Å². The maximum atomic E-state index is 9.51. The van der Waals surface area contributed by atoms with Crippen molar-refractivity contribution in [2.45, 2.75) is 6.61 Å². The van der Waals surface area contributed by atoms with Crippen molar-refractivity contribution in [1.29, 1.82) is 0 Å². The van der Waals surface area contributed by atoms with E-state index in [9.17, 15) is 5.11 Å². The van der Waals surface area contributed by atoms with Crippen LogP contribution in [-0.4, -0.2) is 31.3 Å². The normalized spacial score (nSPS) is 15.3. The molecule has 0 atom stereocenters. The van der Waals surface area contributed by atoms with Crippen molar-refractivity contribution in [2.24, 2.45) is 0 Å². The molecule has 0 radical (unpaired) electrons. The van der Waals surface area contributed by atoms with Crippen LogP contribution in [0.4, 0.5) is 11.4 Å². The maximum Gasteiger partial charge on any atom is 0.0702 e. The number of hydrogen-bond donors (Lipinski definition) is 1. The summed E-state index contributed by atoms with van der Waals surface area (Å²) in [6.07, 6.45) is 0. The smallest absolute Gasteiger partial charge is 0.0702 e. The highest BCUT2D eigenvalue weighted by atomic mass is 35.5. The third kappa shape index (κ3) is 3.14. The van der Waals surface area contributed by atoms with Crippen molar-refractivity contribution < 1.29 is 5.11 Å². The highest BCUT2D eigenvalue weighted by Gasteiger charge is 2.19. The minimum absolute atomic E-state index is 0.0226. The monoisotopic (exact) mass is 302 g/mol. The van der Waals surface area contributed by atoms with E-state index < -0.39 is 0 Å². The molecule has 0 aromatic heterocycles. The van der Waals surface area contributed by atoms with Crippen LogP contribution in [0.3, 0.4) is 0 Å². The van der Waals surface area contributed by atoms with Gasteiger partial charge in [-0.3, -0.25) is 0 Å². The fourth-order valence-electron chi connectivity index (χ4n) is 2.83. The third-order valence-corrected chi connectivity index (χ3v) is 4.19. The highest BCUT2D eigenvalue weighted by molar-refractivity contribution is 6.30. The van der Waals surface area contributed by atoms with E-state index in [4.69, 9.17) is 11.6 Å². The molecule has 1 aliphatic heterocycles. The van der Waals surface area contributed by atoms with Crippen molar-refractivity contribution >= 4 is 23.0 Å². The number of piperazine rings is 1. The molecular formula is C17H19ClN2O. The van der Waals surface area contributed by atoms with Gasteiger partial charge < -0.3 is 14.9 Å². The summed E-state index contributed by atoms with van der Waals surface area (Å²) in [5, 5.41) is 10.2. The van der Waals surface area contributed by atoms with Gasteiger partial charge in [-0.25, -0.2) is 0 Å². The molecule has 1 saturated heterocycles. The molecule has 1 fully saturated rings. The first-order valence-corrected chi connectivity index (χ1v) is 7.60.